The molecule has 2 fully saturated rings. The highest BCUT2D eigenvalue weighted by molar-refractivity contribution is 6.31. The minimum absolute atomic E-state index is 0.713. The molecule has 0 bridgehead atoms. The lowest BCUT2D eigenvalue weighted by Gasteiger charge is -2.18. The van der Waals surface area contributed by atoms with Crippen molar-refractivity contribution in [2.45, 2.75) is 19.3 Å². The summed E-state index contributed by atoms with van der Waals surface area (Å²) in [6, 6.07) is 5.69. The molecule has 2 unspecified atom stereocenters. The summed E-state index contributed by atoms with van der Waals surface area (Å²) >= 11 is 5.97. The molecule has 0 N–H and O–H groups in total. The SMILES string of the molecule is Clc1ccc2nc(N3CC4CCCC4C3)cnc2c1. The second-order valence-corrected chi connectivity index (χ2v) is 6.15. The monoisotopic (exact) mass is 273 g/mol. The van der Waals surface area contributed by atoms with Crippen LogP contribution in [0.1, 0.15) is 19.3 Å². The molecule has 2 atom stereocenters. The van der Waals surface area contributed by atoms with Crippen molar-refractivity contribution in [3.05, 3.63) is 29.4 Å². The maximum Gasteiger partial charge on any atom is 0.147 e. The molecular weight excluding hydrogens is 258 g/mol. The Labute approximate surface area is 117 Å². The molecule has 1 aliphatic heterocycles. The molecule has 2 aliphatic rings. The van der Waals surface area contributed by atoms with Gasteiger partial charge in [-0.05, 0) is 42.9 Å². The third-order valence-corrected chi connectivity index (χ3v) is 4.78. The summed E-state index contributed by atoms with van der Waals surface area (Å²) in [6.07, 6.45) is 6.07. The molecule has 4 rings (SSSR count). The van der Waals surface area contributed by atoms with Crippen LogP contribution in [0.4, 0.5) is 5.82 Å². The molecule has 2 aromatic rings. The van der Waals surface area contributed by atoms with Gasteiger partial charge in [0.1, 0.15) is 5.82 Å². The summed E-state index contributed by atoms with van der Waals surface area (Å²) in [6.45, 7) is 2.30. The molecule has 1 aromatic carbocycles. The molecule has 1 aromatic heterocycles. The van der Waals surface area contributed by atoms with Crippen molar-refractivity contribution in [1.29, 1.82) is 0 Å². The molecule has 0 spiro atoms. The fraction of sp³-hybridized carbons (Fsp3) is 0.467. The van der Waals surface area contributed by atoms with Gasteiger partial charge in [0, 0.05) is 18.1 Å². The van der Waals surface area contributed by atoms with Crippen LogP contribution in [0.25, 0.3) is 11.0 Å². The predicted octanol–water partition coefficient (Wildman–Crippen LogP) is 3.52. The zero-order chi connectivity index (χ0) is 12.8. The van der Waals surface area contributed by atoms with Crippen molar-refractivity contribution >= 4 is 28.5 Å². The number of fused-ring (bicyclic) bond motifs is 2. The number of benzene rings is 1. The Morgan fingerprint density at radius 1 is 1.11 bits per heavy atom. The number of halogens is 1. The van der Waals surface area contributed by atoms with Crippen LogP contribution in [0, 0.1) is 11.8 Å². The van der Waals surface area contributed by atoms with Crippen LogP contribution >= 0.6 is 11.6 Å². The Morgan fingerprint density at radius 3 is 2.68 bits per heavy atom. The van der Waals surface area contributed by atoms with E-state index < -0.39 is 0 Å². The minimum Gasteiger partial charge on any atom is -0.355 e. The molecule has 0 amide bonds. The molecule has 4 heteroatoms. The Bertz CT molecular complexity index is 616. The summed E-state index contributed by atoms with van der Waals surface area (Å²) in [5.74, 6) is 2.77. The van der Waals surface area contributed by atoms with Crippen LogP contribution in [0.5, 0.6) is 0 Å². The number of hydrogen-bond acceptors (Lipinski definition) is 3. The van der Waals surface area contributed by atoms with E-state index >= 15 is 0 Å². The fourth-order valence-corrected chi connectivity index (χ4v) is 3.71. The molecular formula is C15H16ClN3. The maximum absolute atomic E-state index is 5.97. The second kappa shape index (κ2) is 4.34. The Kier molecular flexibility index (Phi) is 2.62. The first-order valence-corrected chi connectivity index (χ1v) is 7.35. The maximum atomic E-state index is 5.97. The van der Waals surface area contributed by atoms with Crippen molar-refractivity contribution in [3.8, 4) is 0 Å². The van der Waals surface area contributed by atoms with Gasteiger partial charge in [-0.2, -0.15) is 0 Å². The molecule has 1 aliphatic carbocycles. The molecule has 3 nitrogen and oxygen atoms in total. The number of anilines is 1. The van der Waals surface area contributed by atoms with E-state index in [0.29, 0.717) is 5.02 Å². The van der Waals surface area contributed by atoms with E-state index in [0.717, 1.165) is 41.8 Å². The van der Waals surface area contributed by atoms with Crippen molar-refractivity contribution in [1.82, 2.24) is 9.97 Å². The van der Waals surface area contributed by atoms with Gasteiger partial charge in [-0.25, -0.2) is 4.98 Å². The zero-order valence-corrected chi connectivity index (χ0v) is 11.5. The lowest BCUT2D eigenvalue weighted by Crippen LogP contribution is -2.22. The van der Waals surface area contributed by atoms with Crippen molar-refractivity contribution in [2.75, 3.05) is 18.0 Å². The van der Waals surface area contributed by atoms with Crippen LogP contribution in [0.2, 0.25) is 5.02 Å². The van der Waals surface area contributed by atoms with Gasteiger partial charge < -0.3 is 4.90 Å². The van der Waals surface area contributed by atoms with Crippen LogP contribution in [-0.4, -0.2) is 23.1 Å². The number of nitrogens with zero attached hydrogens (tertiary/aromatic N) is 3. The van der Waals surface area contributed by atoms with Gasteiger partial charge in [0.05, 0.1) is 17.2 Å². The molecule has 98 valence electrons. The van der Waals surface area contributed by atoms with E-state index in [1.807, 2.05) is 24.4 Å². The number of hydrogen-bond donors (Lipinski definition) is 0. The topological polar surface area (TPSA) is 29.0 Å². The Balaban J connectivity index is 1.66. The van der Waals surface area contributed by atoms with E-state index in [-0.39, 0.29) is 0 Å². The lowest BCUT2D eigenvalue weighted by molar-refractivity contribution is 0.494. The van der Waals surface area contributed by atoms with E-state index in [9.17, 15) is 0 Å². The normalized spacial score (nSPS) is 26.1. The van der Waals surface area contributed by atoms with Gasteiger partial charge in [0.15, 0.2) is 0 Å². The van der Waals surface area contributed by atoms with Gasteiger partial charge >= 0.3 is 0 Å². The Hall–Kier alpha value is -1.35. The first kappa shape index (κ1) is 11.5. The van der Waals surface area contributed by atoms with Gasteiger partial charge in [-0.1, -0.05) is 18.0 Å². The first-order valence-electron chi connectivity index (χ1n) is 6.97. The zero-order valence-electron chi connectivity index (χ0n) is 10.7. The molecule has 2 heterocycles. The molecule has 0 radical (unpaired) electrons. The van der Waals surface area contributed by atoms with Crippen LogP contribution in [0.15, 0.2) is 24.4 Å². The molecule has 1 saturated heterocycles. The first-order chi connectivity index (χ1) is 9.29. The third-order valence-electron chi connectivity index (χ3n) is 4.54. The highest BCUT2D eigenvalue weighted by atomic mass is 35.5. The molecule has 1 saturated carbocycles. The van der Waals surface area contributed by atoms with Crippen LogP contribution in [-0.2, 0) is 0 Å². The second-order valence-electron chi connectivity index (χ2n) is 5.72. The standard InChI is InChI=1S/C15H16ClN3/c16-12-4-5-13-14(6-12)17-7-15(18-13)19-8-10-2-1-3-11(10)9-19/h4-7,10-11H,1-3,8-9H2. The van der Waals surface area contributed by atoms with Gasteiger partial charge in [-0.3, -0.25) is 4.98 Å². The summed E-state index contributed by atoms with van der Waals surface area (Å²) < 4.78 is 0. The average Bonchev–Trinajstić information content (AvgIpc) is 2.98. The fourth-order valence-electron chi connectivity index (χ4n) is 3.55. The van der Waals surface area contributed by atoms with Crippen LogP contribution in [0.3, 0.4) is 0 Å². The number of aromatic nitrogens is 2. The van der Waals surface area contributed by atoms with Gasteiger partial charge in [0.2, 0.25) is 0 Å². The van der Waals surface area contributed by atoms with Gasteiger partial charge in [-0.15, -0.1) is 0 Å². The average molecular weight is 274 g/mol. The lowest BCUT2D eigenvalue weighted by atomic mass is 10.0. The minimum atomic E-state index is 0.713. The van der Waals surface area contributed by atoms with E-state index in [1.165, 1.54) is 19.3 Å². The van der Waals surface area contributed by atoms with Gasteiger partial charge in [0.25, 0.3) is 0 Å². The highest BCUT2D eigenvalue weighted by Crippen LogP contribution is 2.39. The predicted molar refractivity (Wildman–Crippen MR) is 77.6 cm³/mol. The molecule has 19 heavy (non-hydrogen) atoms. The summed E-state index contributed by atoms with van der Waals surface area (Å²) in [4.78, 5) is 11.6. The number of rotatable bonds is 1. The largest absolute Gasteiger partial charge is 0.355 e. The summed E-state index contributed by atoms with van der Waals surface area (Å²) in [5.41, 5.74) is 1.80. The summed E-state index contributed by atoms with van der Waals surface area (Å²) in [5, 5.41) is 0.713. The highest BCUT2D eigenvalue weighted by Gasteiger charge is 2.36. The van der Waals surface area contributed by atoms with Crippen molar-refractivity contribution in [2.24, 2.45) is 11.8 Å². The van der Waals surface area contributed by atoms with E-state index in [1.54, 1.807) is 0 Å². The smallest absolute Gasteiger partial charge is 0.147 e. The van der Waals surface area contributed by atoms with E-state index in [4.69, 9.17) is 16.6 Å². The van der Waals surface area contributed by atoms with Crippen molar-refractivity contribution < 1.29 is 0 Å². The summed E-state index contributed by atoms with van der Waals surface area (Å²) in [7, 11) is 0. The van der Waals surface area contributed by atoms with Crippen LogP contribution < -0.4 is 4.90 Å². The van der Waals surface area contributed by atoms with Crippen molar-refractivity contribution in [3.63, 3.8) is 0 Å². The Morgan fingerprint density at radius 2 is 1.89 bits per heavy atom. The third kappa shape index (κ3) is 1.96. The quantitative estimate of drug-likeness (QED) is 0.796. The van der Waals surface area contributed by atoms with E-state index in [2.05, 4.69) is 9.88 Å².